The molecule has 33 heavy (non-hydrogen) atoms. The SMILES string of the molecule is Oc1cccc(C2CCN(Cc3cn(Cc4ccc(-c5ccccc5O)cn4)nn3)CC2)c1. The summed E-state index contributed by atoms with van der Waals surface area (Å²) in [5, 5.41) is 28.4. The van der Waals surface area contributed by atoms with E-state index < -0.39 is 0 Å². The van der Waals surface area contributed by atoms with E-state index in [-0.39, 0.29) is 5.75 Å². The van der Waals surface area contributed by atoms with Crippen LogP contribution in [0, 0.1) is 0 Å². The monoisotopic (exact) mass is 441 g/mol. The van der Waals surface area contributed by atoms with Crippen molar-refractivity contribution in [3.8, 4) is 22.6 Å². The second-order valence-corrected chi connectivity index (χ2v) is 8.61. The van der Waals surface area contributed by atoms with Crippen LogP contribution in [0.3, 0.4) is 0 Å². The van der Waals surface area contributed by atoms with Gasteiger partial charge in [-0.15, -0.1) is 5.10 Å². The molecule has 0 bridgehead atoms. The van der Waals surface area contributed by atoms with Crippen LogP contribution in [0.2, 0.25) is 0 Å². The number of para-hydroxylation sites is 1. The van der Waals surface area contributed by atoms with E-state index in [9.17, 15) is 10.2 Å². The first kappa shape index (κ1) is 21.2. The van der Waals surface area contributed by atoms with Crippen LogP contribution in [0.1, 0.15) is 35.7 Å². The Hall–Kier alpha value is -3.71. The van der Waals surface area contributed by atoms with Gasteiger partial charge in [0.15, 0.2) is 0 Å². The van der Waals surface area contributed by atoms with Gasteiger partial charge >= 0.3 is 0 Å². The van der Waals surface area contributed by atoms with Crippen molar-refractivity contribution < 1.29 is 10.2 Å². The molecular weight excluding hydrogens is 414 g/mol. The molecule has 1 fully saturated rings. The number of nitrogens with zero attached hydrogens (tertiary/aromatic N) is 5. The van der Waals surface area contributed by atoms with Gasteiger partial charge in [0.2, 0.25) is 0 Å². The topological polar surface area (TPSA) is 87.3 Å². The van der Waals surface area contributed by atoms with Crippen molar-refractivity contribution in [2.24, 2.45) is 0 Å². The molecule has 7 heteroatoms. The lowest BCUT2D eigenvalue weighted by atomic mass is 9.89. The molecule has 2 N–H and O–H groups in total. The Morgan fingerprint density at radius 3 is 2.48 bits per heavy atom. The Balaban J connectivity index is 1.15. The summed E-state index contributed by atoms with van der Waals surface area (Å²) in [5.41, 5.74) is 4.72. The number of hydrogen-bond donors (Lipinski definition) is 2. The number of aromatic nitrogens is 4. The fourth-order valence-electron chi connectivity index (χ4n) is 4.48. The second kappa shape index (κ2) is 9.42. The second-order valence-electron chi connectivity index (χ2n) is 8.61. The number of pyridine rings is 1. The molecule has 1 aliphatic rings. The van der Waals surface area contributed by atoms with E-state index in [4.69, 9.17) is 0 Å². The number of likely N-dealkylation sites (tertiary alicyclic amines) is 1. The van der Waals surface area contributed by atoms with Gasteiger partial charge in [-0.05, 0) is 61.7 Å². The lowest BCUT2D eigenvalue weighted by molar-refractivity contribution is 0.202. The Morgan fingerprint density at radius 2 is 1.73 bits per heavy atom. The lowest BCUT2D eigenvalue weighted by Crippen LogP contribution is -2.32. The molecule has 0 saturated carbocycles. The zero-order valence-electron chi connectivity index (χ0n) is 18.4. The highest BCUT2D eigenvalue weighted by Crippen LogP contribution is 2.30. The number of rotatable bonds is 6. The summed E-state index contributed by atoms with van der Waals surface area (Å²) >= 11 is 0. The first-order chi connectivity index (χ1) is 16.1. The number of hydrogen-bond acceptors (Lipinski definition) is 6. The first-order valence-electron chi connectivity index (χ1n) is 11.3. The molecule has 2 aromatic carbocycles. The summed E-state index contributed by atoms with van der Waals surface area (Å²) in [6.07, 6.45) is 5.91. The van der Waals surface area contributed by atoms with Gasteiger partial charge in [0.05, 0.1) is 24.1 Å². The number of phenols is 2. The Bertz CT molecular complexity index is 1210. The maximum absolute atomic E-state index is 10.0. The number of piperidine rings is 1. The molecule has 0 amide bonds. The molecule has 168 valence electrons. The summed E-state index contributed by atoms with van der Waals surface area (Å²) in [4.78, 5) is 6.94. The summed E-state index contributed by atoms with van der Waals surface area (Å²) < 4.78 is 1.82. The van der Waals surface area contributed by atoms with Gasteiger partial charge in [0.1, 0.15) is 11.5 Å². The number of phenolic OH excluding ortho intramolecular Hbond substituents is 2. The highest BCUT2D eigenvalue weighted by Gasteiger charge is 2.21. The molecule has 0 aliphatic carbocycles. The van der Waals surface area contributed by atoms with Crippen molar-refractivity contribution in [1.82, 2.24) is 24.9 Å². The van der Waals surface area contributed by atoms with Gasteiger partial charge in [-0.3, -0.25) is 9.88 Å². The van der Waals surface area contributed by atoms with Gasteiger partial charge in [-0.25, -0.2) is 4.68 Å². The highest BCUT2D eigenvalue weighted by molar-refractivity contribution is 5.69. The largest absolute Gasteiger partial charge is 0.508 e. The number of benzene rings is 2. The van der Waals surface area contributed by atoms with E-state index in [0.29, 0.717) is 18.2 Å². The molecular formula is C26H27N5O2. The van der Waals surface area contributed by atoms with E-state index in [1.54, 1.807) is 24.4 Å². The van der Waals surface area contributed by atoms with Crippen LogP contribution >= 0.6 is 0 Å². The summed E-state index contributed by atoms with van der Waals surface area (Å²) in [6, 6.07) is 18.8. The predicted octanol–water partition coefficient (Wildman–Crippen LogP) is 4.18. The zero-order chi connectivity index (χ0) is 22.6. The third-order valence-electron chi connectivity index (χ3n) is 6.26. The lowest BCUT2D eigenvalue weighted by Gasteiger charge is -2.31. The average molecular weight is 442 g/mol. The molecule has 2 aromatic heterocycles. The van der Waals surface area contributed by atoms with Gasteiger partial charge < -0.3 is 10.2 Å². The number of aromatic hydroxyl groups is 2. The standard InChI is InChI=1S/C26H27N5O2/c32-24-5-3-4-20(14-24)19-10-12-30(13-11-19)16-23-18-31(29-28-23)17-22-9-8-21(15-27-22)25-6-1-2-7-26(25)33/h1-9,14-15,18-19,32-33H,10-13,16-17H2. The van der Waals surface area contributed by atoms with Crippen LogP contribution in [-0.2, 0) is 13.1 Å². The van der Waals surface area contributed by atoms with Crippen molar-refractivity contribution in [1.29, 1.82) is 0 Å². The highest BCUT2D eigenvalue weighted by atomic mass is 16.3. The Kier molecular flexibility index (Phi) is 6.04. The smallest absolute Gasteiger partial charge is 0.123 e. The van der Waals surface area contributed by atoms with Crippen molar-refractivity contribution in [2.75, 3.05) is 13.1 Å². The molecule has 0 atom stereocenters. The van der Waals surface area contributed by atoms with E-state index in [1.165, 1.54) is 5.56 Å². The quantitative estimate of drug-likeness (QED) is 0.467. The van der Waals surface area contributed by atoms with Crippen molar-refractivity contribution >= 4 is 0 Å². The molecule has 3 heterocycles. The summed E-state index contributed by atoms with van der Waals surface area (Å²) in [7, 11) is 0. The van der Waals surface area contributed by atoms with Crippen LogP contribution < -0.4 is 0 Å². The molecule has 5 rings (SSSR count). The fraction of sp³-hybridized carbons (Fsp3) is 0.269. The molecule has 0 radical (unpaired) electrons. The van der Waals surface area contributed by atoms with Gasteiger partial charge in [-0.2, -0.15) is 0 Å². The molecule has 1 saturated heterocycles. The van der Waals surface area contributed by atoms with Crippen molar-refractivity contribution in [3.63, 3.8) is 0 Å². The molecule has 7 nitrogen and oxygen atoms in total. The molecule has 1 aliphatic heterocycles. The van der Waals surface area contributed by atoms with Crippen LogP contribution in [-0.4, -0.2) is 48.2 Å². The third kappa shape index (κ3) is 5.04. The van der Waals surface area contributed by atoms with Crippen molar-refractivity contribution in [3.05, 3.63) is 90.0 Å². The van der Waals surface area contributed by atoms with Crippen LogP contribution in [0.25, 0.3) is 11.1 Å². The Labute approximate surface area is 193 Å². The predicted molar refractivity (Wildman–Crippen MR) is 126 cm³/mol. The van der Waals surface area contributed by atoms with Gasteiger partial charge in [0, 0.05) is 23.9 Å². The summed E-state index contributed by atoms with van der Waals surface area (Å²) in [5.74, 6) is 1.09. The summed E-state index contributed by atoms with van der Waals surface area (Å²) in [6.45, 7) is 3.34. The maximum Gasteiger partial charge on any atom is 0.123 e. The normalized spacial score (nSPS) is 15.0. The minimum atomic E-state index is 0.249. The fourth-order valence-corrected chi connectivity index (χ4v) is 4.48. The zero-order valence-corrected chi connectivity index (χ0v) is 18.4. The van der Waals surface area contributed by atoms with E-state index >= 15 is 0 Å². The van der Waals surface area contributed by atoms with Gasteiger partial charge in [0.25, 0.3) is 0 Å². The van der Waals surface area contributed by atoms with E-state index in [2.05, 4.69) is 26.3 Å². The maximum atomic E-state index is 10.0. The Morgan fingerprint density at radius 1 is 0.879 bits per heavy atom. The molecule has 0 spiro atoms. The minimum absolute atomic E-state index is 0.249. The first-order valence-corrected chi connectivity index (χ1v) is 11.3. The average Bonchev–Trinajstić information content (AvgIpc) is 3.27. The molecule has 0 unspecified atom stereocenters. The third-order valence-corrected chi connectivity index (χ3v) is 6.26. The minimum Gasteiger partial charge on any atom is -0.508 e. The van der Waals surface area contributed by atoms with Crippen LogP contribution in [0.4, 0.5) is 0 Å². The molecule has 4 aromatic rings. The van der Waals surface area contributed by atoms with Crippen molar-refractivity contribution in [2.45, 2.75) is 31.8 Å². The van der Waals surface area contributed by atoms with Crippen LogP contribution in [0.5, 0.6) is 11.5 Å². The van der Waals surface area contributed by atoms with E-state index in [1.807, 2.05) is 47.3 Å². The van der Waals surface area contributed by atoms with Crippen LogP contribution in [0.15, 0.2) is 73.1 Å². The van der Waals surface area contributed by atoms with Gasteiger partial charge in [-0.1, -0.05) is 41.6 Å². The van der Waals surface area contributed by atoms with E-state index in [0.717, 1.165) is 55.0 Å².